The van der Waals surface area contributed by atoms with Crippen LogP contribution in [0.4, 0.5) is 5.69 Å². The van der Waals surface area contributed by atoms with Gasteiger partial charge in [0.05, 0.1) is 13.2 Å². The smallest absolute Gasteiger partial charge is 0.0637 e. The predicted molar refractivity (Wildman–Crippen MR) is 70.0 cm³/mol. The number of morpholine rings is 1. The third-order valence-corrected chi connectivity index (χ3v) is 3.23. The molecule has 1 aromatic carbocycles. The minimum atomic E-state index is 0.409. The van der Waals surface area contributed by atoms with E-state index in [2.05, 4.69) is 51.7 Å². The highest BCUT2D eigenvalue weighted by molar-refractivity contribution is 9.10. The summed E-state index contributed by atoms with van der Waals surface area (Å²) >= 11 is 3.48. The van der Waals surface area contributed by atoms with Gasteiger partial charge in [-0.1, -0.05) is 22.0 Å². The van der Waals surface area contributed by atoms with Crippen LogP contribution < -0.4 is 10.6 Å². The Morgan fingerprint density at radius 1 is 1.56 bits per heavy atom. The van der Waals surface area contributed by atoms with Crippen molar-refractivity contribution >= 4 is 21.6 Å². The van der Waals surface area contributed by atoms with E-state index in [0.29, 0.717) is 6.04 Å². The summed E-state index contributed by atoms with van der Waals surface area (Å²) in [6.07, 6.45) is 0. The van der Waals surface area contributed by atoms with E-state index >= 15 is 0 Å². The molecule has 0 radical (unpaired) electrons. The Kier molecular flexibility index (Phi) is 4.21. The van der Waals surface area contributed by atoms with Gasteiger partial charge in [0.25, 0.3) is 0 Å². The van der Waals surface area contributed by atoms with Crippen molar-refractivity contribution < 1.29 is 4.74 Å². The lowest BCUT2D eigenvalue weighted by atomic mass is 10.2. The van der Waals surface area contributed by atoms with Gasteiger partial charge in [-0.15, -0.1) is 0 Å². The quantitative estimate of drug-likeness (QED) is 0.893. The van der Waals surface area contributed by atoms with Crippen molar-refractivity contribution in [2.45, 2.75) is 13.0 Å². The molecule has 1 aromatic rings. The van der Waals surface area contributed by atoms with Crippen molar-refractivity contribution in [1.82, 2.24) is 5.32 Å². The van der Waals surface area contributed by atoms with Crippen LogP contribution in [0.15, 0.2) is 22.7 Å². The van der Waals surface area contributed by atoms with Crippen molar-refractivity contribution in [2.24, 2.45) is 0 Å². The highest BCUT2D eigenvalue weighted by Crippen LogP contribution is 2.20. The Balaban J connectivity index is 1.90. The van der Waals surface area contributed by atoms with Crippen molar-refractivity contribution in [3.8, 4) is 0 Å². The van der Waals surface area contributed by atoms with Crippen LogP contribution in [0.3, 0.4) is 0 Å². The molecule has 2 rings (SSSR count). The van der Waals surface area contributed by atoms with Crippen LogP contribution in [-0.2, 0) is 4.74 Å². The molecule has 88 valence electrons. The number of nitrogens with one attached hydrogen (secondary N) is 2. The Labute approximate surface area is 105 Å². The zero-order valence-corrected chi connectivity index (χ0v) is 11.0. The molecule has 2 N–H and O–H groups in total. The van der Waals surface area contributed by atoms with Gasteiger partial charge < -0.3 is 15.4 Å². The molecule has 0 spiro atoms. The zero-order chi connectivity index (χ0) is 11.4. The Morgan fingerprint density at radius 2 is 2.44 bits per heavy atom. The minimum Gasteiger partial charge on any atom is -0.383 e. The molecule has 1 saturated heterocycles. The second-order valence-electron chi connectivity index (χ2n) is 4.07. The number of aryl methyl sites for hydroxylation is 1. The van der Waals surface area contributed by atoms with Crippen LogP contribution in [0.5, 0.6) is 0 Å². The summed E-state index contributed by atoms with van der Waals surface area (Å²) in [5, 5.41) is 6.88. The van der Waals surface area contributed by atoms with Gasteiger partial charge in [0.1, 0.15) is 0 Å². The number of hydrogen-bond donors (Lipinski definition) is 2. The highest BCUT2D eigenvalue weighted by atomic mass is 79.9. The van der Waals surface area contributed by atoms with E-state index < -0.39 is 0 Å². The summed E-state index contributed by atoms with van der Waals surface area (Å²) in [4.78, 5) is 0. The van der Waals surface area contributed by atoms with Crippen molar-refractivity contribution in [1.29, 1.82) is 0 Å². The lowest BCUT2D eigenvalue weighted by Crippen LogP contribution is -2.45. The Hall–Kier alpha value is -0.580. The average Bonchev–Trinajstić information content (AvgIpc) is 2.32. The van der Waals surface area contributed by atoms with Crippen molar-refractivity contribution in [2.75, 3.05) is 31.6 Å². The average molecular weight is 285 g/mol. The maximum Gasteiger partial charge on any atom is 0.0637 e. The molecule has 0 aromatic heterocycles. The molecule has 1 heterocycles. The van der Waals surface area contributed by atoms with Gasteiger partial charge >= 0.3 is 0 Å². The predicted octanol–water partition coefficient (Wildman–Crippen LogP) is 2.16. The summed E-state index contributed by atoms with van der Waals surface area (Å²) in [6, 6.07) is 6.69. The first-order chi connectivity index (χ1) is 7.75. The molecule has 16 heavy (non-hydrogen) atoms. The molecule has 1 aliphatic heterocycles. The van der Waals surface area contributed by atoms with Gasteiger partial charge in [-0.2, -0.15) is 0 Å². The van der Waals surface area contributed by atoms with E-state index in [0.717, 1.165) is 30.8 Å². The van der Waals surface area contributed by atoms with Crippen LogP contribution in [0.25, 0.3) is 0 Å². The lowest BCUT2D eigenvalue weighted by molar-refractivity contribution is 0.0806. The zero-order valence-electron chi connectivity index (χ0n) is 9.42. The number of halogens is 1. The van der Waals surface area contributed by atoms with Crippen LogP contribution in [-0.4, -0.2) is 32.3 Å². The van der Waals surface area contributed by atoms with Crippen LogP contribution >= 0.6 is 15.9 Å². The second-order valence-corrected chi connectivity index (χ2v) is 4.98. The molecule has 3 nitrogen and oxygen atoms in total. The van der Waals surface area contributed by atoms with Crippen molar-refractivity contribution in [3.05, 3.63) is 28.2 Å². The topological polar surface area (TPSA) is 33.3 Å². The van der Waals surface area contributed by atoms with Crippen LogP contribution in [0, 0.1) is 6.92 Å². The standard InChI is InChI=1S/C12H17BrN2O/c1-9-2-3-10(13)6-12(9)15-7-11-8-16-5-4-14-11/h2-3,6,11,14-15H,4-5,7-8H2,1H3. The third-order valence-electron chi connectivity index (χ3n) is 2.74. The summed E-state index contributed by atoms with van der Waals surface area (Å²) in [5.41, 5.74) is 2.45. The number of hydrogen-bond acceptors (Lipinski definition) is 3. The number of benzene rings is 1. The van der Waals surface area contributed by atoms with Gasteiger partial charge in [0.15, 0.2) is 0 Å². The maximum absolute atomic E-state index is 5.41. The van der Waals surface area contributed by atoms with Gasteiger partial charge in [0, 0.05) is 29.3 Å². The second kappa shape index (κ2) is 5.66. The molecule has 1 fully saturated rings. The van der Waals surface area contributed by atoms with Gasteiger partial charge in [-0.05, 0) is 24.6 Å². The molecular weight excluding hydrogens is 268 g/mol. The molecule has 0 saturated carbocycles. The Bertz CT molecular complexity index is 351. The molecule has 4 heteroatoms. The third kappa shape index (κ3) is 3.20. The largest absolute Gasteiger partial charge is 0.383 e. The molecule has 0 aliphatic carbocycles. The van der Waals surface area contributed by atoms with E-state index in [9.17, 15) is 0 Å². The van der Waals surface area contributed by atoms with E-state index in [-0.39, 0.29) is 0 Å². The molecule has 1 atom stereocenters. The first-order valence-corrected chi connectivity index (χ1v) is 6.36. The lowest BCUT2D eigenvalue weighted by Gasteiger charge is -2.24. The first-order valence-electron chi connectivity index (χ1n) is 5.57. The fourth-order valence-corrected chi connectivity index (χ4v) is 2.13. The fraction of sp³-hybridized carbons (Fsp3) is 0.500. The highest BCUT2D eigenvalue weighted by Gasteiger charge is 2.12. The fourth-order valence-electron chi connectivity index (χ4n) is 1.77. The van der Waals surface area contributed by atoms with Crippen LogP contribution in [0.2, 0.25) is 0 Å². The SMILES string of the molecule is Cc1ccc(Br)cc1NCC1COCCN1. The van der Waals surface area contributed by atoms with Crippen LogP contribution in [0.1, 0.15) is 5.56 Å². The minimum absolute atomic E-state index is 0.409. The van der Waals surface area contributed by atoms with E-state index in [4.69, 9.17) is 4.74 Å². The maximum atomic E-state index is 5.41. The summed E-state index contributed by atoms with van der Waals surface area (Å²) in [5.74, 6) is 0. The number of rotatable bonds is 3. The first kappa shape index (κ1) is 11.9. The summed E-state index contributed by atoms with van der Waals surface area (Å²) in [7, 11) is 0. The summed E-state index contributed by atoms with van der Waals surface area (Å²) in [6.45, 7) is 5.58. The van der Waals surface area contributed by atoms with Crippen molar-refractivity contribution in [3.63, 3.8) is 0 Å². The molecule has 1 aliphatic rings. The van der Waals surface area contributed by atoms with Gasteiger partial charge in [0.2, 0.25) is 0 Å². The molecule has 0 amide bonds. The Morgan fingerprint density at radius 3 is 3.19 bits per heavy atom. The number of ether oxygens (including phenoxy) is 1. The monoisotopic (exact) mass is 284 g/mol. The van der Waals surface area contributed by atoms with Gasteiger partial charge in [-0.25, -0.2) is 0 Å². The van der Waals surface area contributed by atoms with E-state index in [1.807, 2.05) is 0 Å². The molecular formula is C12H17BrN2O. The van der Waals surface area contributed by atoms with Gasteiger partial charge in [-0.3, -0.25) is 0 Å². The number of anilines is 1. The normalized spacial score (nSPS) is 20.8. The summed E-state index contributed by atoms with van der Waals surface area (Å²) < 4.78 is 6.52. The van der Waals surface area contributed by atoms with E-state index in [1.54, 1.807) is 0 Å². The molecule has 0 bridgehead atoms. The van der Waals surface area contributed by atoms with E-state index in [1.165, 1.54) is 11.3 Å². The molecule has 1 unspecified atom stereocenters.